The van der Waals surface area contributed by atoms with Crippen molar-refractivity contribution < 1.29 is 17.9 Å². The Bertz CT molecular complexity index is 1030. The van der Waals surface area contributed by atoms with E-state index in [1.165, 1.54) is 10.7 Å². The SMILES string of the molecule is COc1cccc(Cc2nn(-c3cc(C(F)(F)F)ccc3Cl)c3c2CCN3)c1. The summed E-state index contributed by atoms with van der Waals surface area (Å²) in [6.07, 6.45) is -3.15. The fourth-order valence-electron chi connectivity index (χ4n) is 3.39. The van der Waals surface area contributed by atoms with Gasteiger partial charge in [-0.1, -0.05) is 23.7 Å². The lowest BCUT2D eigenvalue weighted by atomic mass is 10.1. The van der Waals surface area contributed by atoms with Crippen LogP contribution in [0.5, 0.6) is 5.75 Å². The molecule has 0 aliphatic carbocycles. The summed E-state index contributed by atoms with van der Waals surface area (Å²) in [6, 6.07) is 10.9. The van der Waals surface area contributed by atoms with Gasteiger partial charge in [0.1, 0.15) is 11.6 Å². The van der Waals surface area contributed by atoms with Crippen molar-refractivity contribution in [2.75, 3.05) is 19.0 Å². The molecule has 0 radical (unpaired) electrons. The summed E-state index contributed by atoms with van der Waals surface area (Å²) in [5, 5.41) is 8.02. The molecule has 146 valence electrons. The molecule has 0 bridgehead atoms. The van der Waals surface area contributed by atoms with E-state index < -0.39 is 11.7 Å². The summed E-state index contributed by atoms with van der Waals surface area (Å²) in [4.78, 5) is 0. The Kier molecular flexibility index (Phi) is 4.71. The molecular weight excluding hydrogens is 391 g/mol. The summed E-state index contributed by atoms with van der Waals surface area (Å²) >= 11 is 6.22. The summed E-state index contributed by atoms with van der Waals surface area (Å²) < 4.78 is 46.2. The monoisotopic (exact) mass is 407 g/mol. The van der Waals surface area contributed by atoms with Gasteiger partial charge in [-0.15, -0.1) is 0 Å². The minimum Gasteiger partial charge on any atom is -0.497 e. The molecule has 0 saturated heterocycles. The zero-order chi connectivity index (χ0) is 19.9. The quantitative estimate of drug-likeness (QED) is 0.653. The van der Waals surface area contributed by atoms with Gasteiger partial charge in [0, 0.05) is 18.5 Å². The van der Waals surface area contributed by atoms with E-state index in [1.54, 1.807) is 7.11 Å². The Morgan fingerprint density at radius 3 is 2.79 bits per heavy atom. The van der Waals surface area contributed by atoms with Crippen LogP contribution in [0.25, 0.3) is 5.69 Å². The molecule has 1 aromatic heterocycles. The van der Waals surface area contributed by atoms with Crippen molar-refractivity contribution in [1.82, 2.24) is 9.78 Å². The molecule has 0 spiro atoms. The molecule has 1 aliphatic rings. The first kappa shape index (κ1) is 18.7. The maximum absolute atomic E-state index is 13.2. The molecule has 4 nitrogen and oxygen atoms in total. The largest absolute Gasteiger partial charge is 0.497 e. The molecule has 0 atom stereocenters. The predicted octanol–water partition coefficient (Wildman–Crippen LogP) is 5.11. The van der Waals surface area contributed by atoms with Gasteiger partial charge < -0.3 is 10.1 Å². The summed E-state index contributed by atoms with van der Waals surface area (Å²) in [7, 11) is 1.60. The van der Waals surface area contributed by atoms with Crippen LogP contribution in [0.3, 0.4) is 0 Å². The average Bonchev–Trinajstić information content (AvgIpc) is 3.25. The molecule has 4 rings (SSSR count). The second-order valence-corrected chi connectivity index (χ2v) is 6.96. The maximum Gasteiger partial charge on any atom is 0.416 e. The fourth-order valence-corrected chi connectivity index (χ4v) is 3.59. The van der Waals surface area contributed by atoms with E-state index in [1.807, 2.05) is 24.3 Å². The molecule has 28 heavy (non-hydrogen) atoms. The van der Waals surface area contributed by atoms with Crippen molar-refractivity contribution in [1.29, 1.82) is 0 Å². The van der Waals surface area contributed by atoms with Crippen LogP contribution in [0, 0.1) is 0 Å². The van der Waals surface area contributed by atoms with Crippen molar-refractivity contribution >= 4 is 17.4 Å². The third-order valence-corrected chi connectivity index (χ3v) is 5.06. The highest BCUT2D eigenvalue weighted by Crippen LogP contribution is 2.36. The van der Waals surface area contributed by atoms with Gasteiger partial charge in [0.05, 0.1) is 29.1 Å². The smallest absolute Gasteiger partial charge is 0.416 e. The van der Waals surface area contributed by atoms with Gasteiger partial charge in [-0.3, -0.25) is 0 Å². The van der Waals surface area contributed by atoms with Crippen LogP contribution in [-0.2, 0) is 19.0 Å². The Morgan fingerprint density at radius 1 is 1.21 bits per heavy atom. The molecule has 2 heterocycles. The molecule has 3 aromatic rings. The molecule has 2 aromatic carbocycles. The van der Waals surface area contributed by atoms with E-state index in [0.717, 1.165) is 41.1 Å². The number of rotatable bonds is 4. The lowest BCUT2D eigenvalue weighted by Gasteiger charge is -2.12. The van der Waals surface area contributed by atoms with E-state index in [-0.39, 0.29) is 10.7 Å². The standard InChI is InChI=1S/C20H17ClF3N3O/c1-28-14-4-2-3-12(9-14)10-17-15-7-8-25-19(15)27(26-17)18-11-13(20(22,23)24)5-6-16(18)21/h2-6,9,11,25H,7-8,10H2,1H3. The van der Waals surface area contributed by atoms with E-state index in [9.17, 15) is 13.2 Å². The van der Waals surface area contributed by atoms with Crippen molar-refractivity contribution in [3.8, 4) is 11.4 Å². The number of ether oxygens (including phenoxy) is 1. The first-order valence-electron chi connectivity index (χ1n) is 8.71. The van der Waals surface area contributed by atoms with E-state index in [0.29, 0.717) is 18.8 Å². The van der Waals surface area contributed by atoms with Crippen LogP contribution in [-0.4, -0.2) is 23.4 Å². The van der Waals surface area contributed by atoms with Gasteiger partial charge in [0.2, 0.25) is 0 Å². The first-order valence-corrected chi connectivity index (χ1v) is 9.09. The number of hydrogen-bond donors (Lipinski definition) is 1. The lowest BCUT2D eigenvalue weighted by Crippen LogP contribution is -2.09. The van der Waals surface area contributed by atoms with Gasteiger partial charge >= 0.3 is 6.18 Å². The summed E-state index contributed by atoms with van der Waals surface area (Å²) in [5.74, 6) is 1.44. The predicted molar refractivity (Wildman–Crippen MR) is 102 cm³/mol. The van der Waals surface area contributed by atoms with Crippen LogP contribution in [0.2, 0.25) is 5.02 Å². The number of nitrogens with zero attached hydrogens (tertiary/aromatic N) is 2. The Labute approximate surface area is 164 Å². The van der Waals surface area contributed by atoms with Crippen molar-refractivity contribution in [3.05, 3.63) is 69.9 Å². The molecule has 1 aliphatic heterocycles. The number of aromatic nitrogens is 2. The number of nitrogens with one attached hydrogen (secondary N) is 1. The Balaban J connectivity index is 1.77. The number of fused-ring (bicyclic) bond motifs is 1. The van der Waals surface area contributed by atoms with E-state index in [2.05, 4.69) is 10.4 Å². The number of hydrogen-bond acceptors (Lipinski definition) is 3. The molecule has 0 saturated carbocycles. The van der Waals surface area contributed by atoms with Gasteiger partial charge in [-0.2, -0.15) is 18.3 Å². The molecular formula is C20H17ClF3N3O. The molecule has 0 fully saturated rings. The van der Waals surface area contributed by atoms with Gasteiger partial charge in [-0.25, -0.2) is 4.68 Å². The highest BCUT2D eigenvalue weighted by Gasteiger charge is 2.32. The van der Waals surface area contributed by atoms with Crippen LogP contribution in [0.15, 0.2) is 42.5 Å². The zero-order valence-electron chi connectivity index (χ0n) is 15.0. The third-order valence-electron chi connectivity index (χ3n) is 4.74. The fraction of sp³-hybridized carbons (Fsp3) is 0.250. The topological polar surface area (TPSA) is 39.1 Å². The zero-order valence-corrected chi connectivity index (χ0v) is 15.7. The first-order chi connectivity index (χ1) is 13.4. The Hall–Kier alpha value is -2.67. The summed E-state index contributed by atoms with van der Waals surface area (Å²) in [6.45, 7) is 0.703. The minimum absolute atomic E-state index is 0.207. The molecule has 8 heteroatoms. The van der Waals surface area contributed by atoms with E-state index in [4.69, 9.17) is 16.3 Å². The van der Waals surface area contributed by atoms with Gasteiger partial charge in [-0.05, 0) is 42.3 Å². The van der Waals surface area contributed by atoms with Gasteiger partial charge in [0.25, 0.3) is 0 Å². The highest BCUT2D eigenvalue weighted by molar-refractivity contribution is 6.32. The van der Waals surface area contributed by atoms with Crippen LogP contribution < -0.4 is 10.1 Å². The molecule has 0 unspecified atom stereocenters. The van der Waals surface area contributed by atoms with Gasteiger partial charge in [0.15, 0.2) is 0 Å². The number of anilines is 1. The van der Waals surface area contributed by atoms with E-state index >= 15 is 0 Å². The third kappa shape index (κ3) is 3.42. The number of alkyl halides is 3. The molecule has 0 amide bonds. The number of benzene rings is 2. The van der Waals surface area contributed by atoms with Crippen LogP contribution >= 0.6 is 11.6 Å². The molecule has 1 N–H and O–H groups in total. The summed E-state index contributed by atoms with van der Waals surface area (Å²) in [5.41, 5.74) is 2.26. The average molecular weight is 408 g/mol. The van der Waals surface area contributed by atoms with Crippen molar-refractivity contribution in [3.63, 3.8) is 0 Å². The van der Waals surface area contributed by atoms with Crippen LogP contribution in [0.4, 0.5) is 19.0 Å². The normalized spacial score (nSPS) is 13.3. The second kappa shape index (κ2) is 7.05. The Morgan fingerprint density at radius 2 is 2.04 bits per heavy atom. The number of halogens is 4. The van der Waals surface area contributed by atoms with Crippen LogP contribution in [0.1, 0.15) is 22.4 Å². The second-order valence-electron chi connectivity index (χ2n) is 6.55. The van der Waals surface area contributed by atoms with Crippen molar-refractivity contribution in [2.45, 2.75) is 19.0 Å². The number of methoxy groups -OCH3 is 1. The minimum atomic E-state index is -4.45. The highest BCUT2D eigenvalue weighted by atomic mass is 35.5. The lowest BCUT2D eigenvalue weighted by molar-refractivity contribution is -0.137. The van der Waals surface area contributed by atoms with Crippen molar-refractivity contribution in [2.24, 2.45) is 0 Å². The maximum atomic E-state index is 13.2.